The van der Waals surface area contributed by atoms with Crippen LogP contribution < -0.4 is 0 Å². The van der Waals surface area contributed by atoms with Crippen LogP contribution in [0.3, 0.4) is 0 Å². The van der Waals surface area contributed by atoms with E-state index in [1.165, 1.54) is 19.3 Å². The predicted molar refractivity (Wildman–Crippen MR) is 65.8 cm³/mol. The summed E-state index contributed by atoms with van der Waals surface area (Å²) in [7, 11) is 0. The van der Waals surface area contributed by atoms with E-state index in [4.69, 9.17) is 20.3 Å². The SMILES string of the molecule is C1=CCCC1.CC(C)(O)C(C)(C)O.O[B]O. The zero-order valence-electron chi connectivity index (χ0n) is 10.6. The summed E-state index contributed by atoms with van der Waals surface area (Å²) in [5.74, 6) is 0. The molecule has 4 nitrogen and oxygen atoms in total. The van der Waals surface area contributed by atoms with Crippen molar-refractivity contribution in [2.24, 2.45) is 0 Å². The molecule has 0 atom stereocenters. The van der Waals surface area contributed by atoms with E-state index in [0.717, 1.165) is 0 Å². The zero-order chi connectivity index (χ0) is 13.2. The van der Waals surface area contributed by atoms with Crippen molar-refractivity contribution >= 4 is 7.69 Å². The van der Waals surface area contributed by atoms with Crippen molar-refractivity contribution in [1.29, 1.82) is 0 Å². The number of allylic oxidation sites excluding steroid dienone is 2. The van der Waals surface area contributed by atoms with Gasteiger partial charge < -0.3 is 20.3 Å². The first-order valence-corrected chi connectivity index (χ1v) is 5.36. The van der Waals surface area contributed by atoms with Gasteiger partial charge in [0.1, 0.15) is 0 Å². The van der Waals surface area contributed by atoms with Crippen molar-refractivity contribution in [3.8, 4) is 0 Å². The van der Waals surface area contributed by atoms with E-state index < -0.39 is 11.2 Å². The smallest absolute Gasteiger partial charge is 0.429 e. The maximum absolute atomic E-state index is 9.10. The topological polar surface area (TPSA) is 80.9 Å². The molecule has 1 aliphatic carbocycles. The molecule has 1 aliphatic rings. The van der Waals surface area contributed by atoms with E-state index in [1.807, 2.05) is 0 Å². The lowest BCUT2D eigenvalue weighted by atomic mass is 9.90. The van der Waals surface area contributed by atoms with E-state index in [9.17, 15) is 0 Å². The molecule has 16 heavy (non-hydrogen) atoms. The fourth-order valence-electron chi connectivity index (χ4n) is 0.589. The van der Waals surface area contributed by atoms with Gasteiger partial charge in [0.05, 0.1) is 11.2 Å². The lowest BCUT2D eigenvalue weighted by molar-refractivity contribution is -0.107. The molecule has 0 aromatic carbocycles. The molecule has 0 saturated heterocycles. The van der Waals surface area contributed by atoms with E-state index in [1.54, 1.807) is 27.7 Å². The van der Waals surface area contributed by atoms with Crippen molar-refractivity contribution in [3.63, 3.8) is 0 Å². The standard InChI is InChI=1S/C6H14O2.C5H8.BH2O2/c1-5(2,7)6(3,4)8;1-2-4-5-3-1;2-1-3/h7-8H,1-4H3;1-2H,3-5H2;2-3H. The molecule has 1 rings (SSSR count). The van der Waals surface area contributed by atoms with Gasteiger partial charge in [-0.1, -0.05) is 12.2 Å². The molecular weight excluding hydrogens is 207 g/mol. The summed E-state index contributed by atoms with van der Waals surface area (Å²) < 4.78 is 0. The van der Waals surface area contributed by atoms with E-state index in [-0.39, 0.29) is 7.69 Å². The summed E-state index contributed by atoms with van der Waals surface area (Å²) in [4.78, 5) is 0. The van der Waals surface area contributed by atoms with Crippen molar-refractivity contribution in [3.05, 3.63) is 12.2 Å². The third-order valence-corrected chi connectivity index (χ3v) is 2.41. The number of hydrogen-bond acceptors (Lipinski definition) is 4. The minimum absolute atomic E-state index is 0. The van der Waals surface area contributed by atoms with Gasteiger partial charge in [0.25, 0.3) is 0 Å². The average molecular weight is 231 g/mol. The molecule has 1 radical (unpaired) electrons. The third kappa shape index (κ3) is 11.7. The van der Waals surface area contributed by atoms with Crippen LogP contribution >= 0.6 is 0 Å². The van der Waals surface area contributed by atoms with Crippen LogP contribution in [0.1, 0.15) is 47.0 Å². The highest BCUT2D eigenvalue weighted by atomic mass is 16.4. The molecule has 95 valence electrons. The zero-order valence-corrected chi connectivity index (χ0v) is 10.6. The van der Waals surface area contributed by atoms with Crippen LogP contribution in [-0.4, -0.2) is 39.1 Å². The van der Waals surface area contributed by atoms with Crippen molar-refractivity contribution < 1.29 is 20.3 Å². The molecule has 0 amide bonds. The first-order chi connectivity index (χ1) is 7.16. The van der Waals surface area contributed by atoms with Gasteiger partial charge in [0.15, 0.2) is 0 Å². The van der Waals surface area contributed by atoms with Crippen LogP contribution in [0.15, 0.2) is 12.2 Å². The molecule has 0 aliphatic heterocycles. The van der Waals surface area contributed by atoms with E-state index >= 15 is 0 Å². The second-order valence-electron chi connectivity index (χ2n) is 4.64. The lowest BCUT2D eigenvalue weighted by Crippen LogP contribution is -2.44. The minimum Gasteiger partial charge on any atom is -0.429 e. The van der Waals surface area contributed by atoms with Crippen LogP contribution in [0.4, 0.5) is 0 Å². The first-order valence-electron chi connectivity index (χ1n) is 5.36. The van der Waals surface area contributed by atoms with Crippen molar-refractivity contribution in [2.75, 3.05) is 0 Å². The summed E-state index contributed by atoms with van der Waals surface area (Å²) in [6.07, 6.45) is 8.50. The van der Waals surface area contributed by atoms with Gasteiger partial charge in [0, 0.05) is 0 Å². The molecule has 0 unspecified atom stereocenters. The highest BCUT2D eigenvalue weighted by Gasteiger charge is 2.31. The van der Waals surface area contributed by atoms with Crippen LogP contribution in [0, 0.1) is 0 Å². The van der Waals surface area contributed by atoms with Crippen LogP contribution in [0.2, 0.25) is 0 Å². The second kappa shape index (κ2) is 8.76. The fraction of sp³-hybridized carbons (Fsp3) is 0.818. The van der Waals surface area contributed by atoms with Crippen molar-refractivity contribution in [1.82, 2.24) is 0 Å². The monoisotopic (exact) mass is 231 g/mol. The summed E-state index contributed by atoms with van der Waals surface area (Å²) in [6.45, 7) is 6.31. The Balaban J connectivity index is 0. The van der Waals surface area contributed by atoms with Crippen LogP contribution in [-0.2, 0) is 0 Å². The molecule has 0 aromatic rings. The van der Waals surface area contributed by atoms with Crippen LogP contribution in [0.5, 0.6) is 0 Å². The third-order valence-electron chi connectivity index (χ3n) is 2.41. The first kappa shape index (κ1) is 18.0. The minimum atomic E-state index is -1.01. The maximum atomic E-state index is 9.10. The summed E-state index contributed by atoms with van der Waals surface area (Å²) in [5.41, 5.74) is -2.01. The molecule has 0 fully saturated rings. The fourth-order valence-corrected chi connectivity index (χ4v) is 0.589. The molecule has 0 spiro atoms. The Morgan fingerprint density at radius 1 is 0.875 bits per heavy atom. The Bertz CT molecular complexity index is 161. The van der Waals surface area contributed by atoms with Crippen molar-refractivity contribution in [2.45, 2.75) is 58.2 Å². The van der Waals surface area contributed by atoms with E-state index in [0.29, 0.717) is 0 Å². The molecule has 0 heterocycles. The largest absolute Gasteiger partial charge is 0.482 e. The van der Waals surface area contributed by atoms with Gasteiger partial charge in [0.2, 0.25) is 0 Å². The normalized spacial score (nSPS) is 14.5. The van der Waals surface area contributed by atoms with E-state index in [2.05, 4.69) is 12.2 Å². The second-order valence-corrected chi connectivity index (χ2v) is 4.64. The predicted octanol–water partition coefficient (Wildman–Crippen LogP) is 0.760. The summed E-state index contributed by atoms with van der Waals surface area (Å²) >= 11 is 0. The van der Waals surface area contributed by atoms with Gasteiger partial charge in [-0.05, 0) is 47.0 Å². The van der Waals surface area contributed by atoms with Gasteiger partial charge in [-0.25, -0.2) is 0 Å². The highest BCUT2D eigenvalue weighted by molar-refractivity contribution is 6.13. The highest BCUT2D eigenvalue weighted by Crippen LogP contribution is 2.19. The number of aliphatic hydroxyl groups is 2. The Kier molecular flexibility index (Phi) is 9.86. The molecule has 0 bridgehead atoms. The Labute approximate surface area is 98.9 Å². The van der Waals surface area contributed by atoms with Gasteiger partial charge >= 0.3 is 7.69 Å². The van der Waals surface area contributed by atoms with Gasteiger partial charge in [-0.2, -0.15) is 0 Å². The number of hydrogen-bond donors (Lipinski definition) is 4. The Morgan fingerprint density at radius 2 is 1.12 bits per heavy atom. The molecular formula is C11H24BO4. The molecule has 4 N–H and O–H groups in total. The summed E-state index contributed by atoms with van der Waals surface area (Å²) in [5, 5.41) is 32.2. The number of rotatable bonds is 1. The molecule has 0 aromatic heterocycles. The Hall–Kier alpha value is -0.355. The summed E-state index contributed by atoms with van der Waals surface area (Å²) in [6, 6.07) is 0. The quantitative estimate of drug-likeness (QED) is 0.396. The molecule has 5 heteroatoms. The molecule has 0 saturated carbocycles. The Morgan fingerprint density at radius 3 is 1.19 bits per heavy atom. The average Bonchev–Trinajstić information content (AvgIpc) is 2.57. The van der Waals surface area contributed by atoms with Crippen LogP contribution in [0.25, 0.3) is 0 Å². The lowest BCUT2D eigenvalue weighted by Gasteiger charge is -2.31. The van der Waals surface area contributed by atoms with Gasteiger partial charge in [-0.15, -0.1) is 0 Å². The maximum Gasteiger partial charge on any atom is 0.482 e. The van der Waals surface area contributed by atoms with Gasteiger partial charge in [-0.3, -0.25) is 0 Å².